The second-order valence-electron chi connectivity index (χ2n) is 16.0. The van der Waals surface area contributed by atoms with Crippen molar-refractivity contribution in [2.24, 2.45) is 11.8 Å². The molecule has 2 saturated heterocycles. The number of carbonyl (C=O) groups is 4. The summed E-state index contributed by atoms with van der Waals surface area (Å²) in [5, 5.41) is 5.41. The van der Waals surface area contributed by atoms with E-state index in [0.717, 1.165) is 73.5 Å². The van der Waals surface area contributed by atoms with E-state index >= 15 is 0 Å². The van der Waals surface area contributed by atoms with Crippen LogP contribution in [0.4, 0.5) is 9.59 Å². The summed E-state index contributed by atoms with van der Waals surface area (Å²) >= 11 is 0. The minimum absolute atomic E-state index is 0.0346. The van der Waals surface area contributed by atoms with E-state index in [9.17, 15) is 19.2 Å². The Labute approximate surface area is 323 Å². The molecular formula is C41H56N8O6. The molecule has 55 heavy (non-hydrogen) atoms. The van der Waals surface area contributed by atoms with Crippen molar-refractivity contribution in [1.82, 2.24) is 40.4 Å². The molecule has 2 aliphatic heterocycles. The maximum Gasteiger partial charge on any atom is 0.407 e. The van der Waals surface area contributed by atoms with Crippen LogP contribution in [0.25, 0.3) is 16.8 Å². The third-order valence-corrected chi connectivity index (χ3v) is 11.7. The molecule has 4 N–H and O–H groups in total. The van der Waals surface area contributed by atoms with Gasteiger partial charge >= 0.3 is 12.2 Å². The van der Waals surface area contributed by atoms with E-state index in [1.165, 1.54) is 25.4 Å². The number of rotatable bonds is 11. The molecule has 1 aromatic carbocycles. The molecular weight excluding hydrogens is 701 g/mol. The van der Waals surface area contributed by atoms with E-state index in [2.05, 4.69) is 57.9 Å². The minimum atomic E-state index is -0.680. The number of carbonyl (C=O) groups excluding carboxylic acids is 4. The van der Waals surface area contributed by atoms with Crippen molar-refractivity contribution in [3.63, 3.8) is 0 Å². The Bertz CT molecular complexity index is 1880. The molecule has 2 aromatic heterocycles. The summed E-state index contributed by atoms with van der Waals surface area (Å²) in [5.41, 5.74) is 5.35. The van der Waals surface area contributed by atoms with Gasteiger partial charge in [0.05, 0.1) is 50.1 Å². The van der Waals surface area contributed by atoms with Crippen LogP contribution in [-0.4, -0.2) is 93.1 Å². The minimum Gasteiger partial charge on any atom is -0.453 e. The summed E-state index contributed by atoms with van der Waals surface area (Å²) in [6.45, 7) is 11.2. The first-order valence-corrected chi connectivity index (χ1v) is 19.5. The Kier molecular flexibility index (Phi) is 12.0. The summed E-state index contributed by atoms with van der Waals surface area (Å²) in [6, 6.07) is 6.94. The van der Waals surface area contributed by atoms with Gasteiger partial charge in [0.15, 0.2) is 0 Å². The quantitative estimate of drug-likeness (QED) is 0.174. The zero-order chi connectivity index (χ0) is 39.4. The van der Waals surface area contributed by atoms with Gasteiger partial charge in [-0.05, 0) is 78.9 Å². The molecule has 3 aromatic rings. The van der Waals surface area contributed by atoms with Gasteiger partial charge in [0.25, 0.3) is 0 Å². The summed E-state index contributed by atoms with van der Waals surface area (Å²) in [7, 11) is 2.59. The van der Waals surface area contributed by atoms with Crippen LogP contribution in [0.15, 0.2) is 42.7 Å². The van der Waals surface area contributed by atoms with Crippen LogP contribution in [0.5, 0.6) is 0 Å². The lowest BCUT2D eigenvalue weighted by atomic mass is 9.71. The van der Waals surface area contributed by atoms with E-state index in [0.29, 0.717) is 13.1 Å². The molecule has 1 unspecified atom stereocenters. The third kappa shape index (κ3) is 8.42. The third-order valence-electron chi connectivity index (χ3n) is 11.7. The van der Waals surface area contributed by atoms with Crippen molar-refractivity contribution < 1.29 is 28.7 Å². The first kappa shape index (κ1) is 39.6. The highest BCUT2D eigenvalue weighted by Gasteiger charge is 2.39. The molecule has 6 rings (SSSR count). The number of amides is 4. The second kappa shape index (κ2) is 16.7. The molecule has 14 heteroatoms. The fourth-order valence-electron chi connectivity index (χ4n) is 8.23. The molecule has 3 aliphatic rings. The van der Waals surface area contributed by atoms with Gasteiger partial charge in [-0.3, -0.25) is 9.59 Å². The highest BCUT2D eigenvalue weighted by Crippen LogP contribution is 2.42. The van der Waals surface area contributed by atoms with E-state index < -0.39 is 24.3 Å². The number of alkyl carbamates (subject to hydrolysis) is 2. The van der Waals surface area contributed by atoms with Gasteiger partial charge in [-0.25, -0.2) is 19.6 Å². The molecule has 0 bridgehead atoms. The lowest BCUT2D eigenvalue weighted by Gasteiger charge is -2.33. The monoisotopic (exact) mass is 756 g/mol. The number of hydrogen-bond acceptors (Lipinski definition) is 8. The number of nitrogens with zero attached hydrogens (tertiary/aromatic N) is 4. The highest BCUT2D eigenvalue weighted by molar-refractivity contribution is 5.87. The molecule has 1 aliphatic carbocycles. The Hall–Kier alpha value is -5.14. The number of H-pyrrole nitrogens is 2. The molecule has 4 amide bonds. The van der Waals surface area contributed by atoms with Gasteiger partial charge < -0.3 is 39.9 Å². The van der Waals surface area contributed by atoms with Crippen LogP contribution in [-0.2, 0) is 24.5 Å². The number of allylic oxidation sites excluding steroid dienone is 2. The average Bonchev–Trinajstić information content (AvgIpc) is 4.02. The van der Waals surface area contributed by atoms with Crippen molar-refractivity contribution in [1.29, 1.82) is 0 Å². The fourth-order valence-corrected chi connectivity index (χ4v) is 8.23. The van der Waals surface area contributed by atoms with Crippen LogP contribution in [0, 0.1) is 11.8 Å². The molecule has 0 spiro atoms. The molecule has 0 radical (unpaired) electrons. The number of benzene rings is 1. The first-order valence-electron chi connectivity index (χ1n) is 19.5. The van der Waals surface area contributed by atoms with E-state index in [4.69, 9.17) is 19.4 Å². The SMILES string of the molecule is COC(=O)N[C@H](C(=O)N1CCC[C@H]1c1ncc(C2=CCC(C)(c3ccc(-c4cnc([C@@H]5CCCN5C(=O)[C@@H](NC(=O)OC)C(C)C)[nH]4)cc3)CC2)[nH]1)C(C)C. The molecule has 14 nitrogen and oxygen atoms in total. The summed E-state index contributed by atoms with van der Waals surface area (Å²) in [5.74, 6) is 1.08. The van der Waals surface area contributed by atoms with Crippen molar-refractivity contribution in [3.05, 3.63) is 65.6 Å². The maximum absolute atomic E-state index is 13.6. The van der Waals surface area contributed by atoms with E-state index in [1.54, 1.807) is 0 Å². The van der Waals surface area contributed by atoms with Crippen LogP contribution < -0.4 is 10.6 Å². The Morgan fingerprint density at radius 2 is 1.27 bits per heavy atom. The van der Waals surface area contributed by atoms with Crippen LogP contribution in [0.3, 0.4) is 0 Å². The number of aromatic amines is 2. The summed E-state index contributed by atoms with van der Waals surface area (Å²) < 4.78 is 9.53. The fraction of sp³-hybridized carbons (Fsp3) is 0.561. The van der Waals surface area contributed by atoms with Gasteiger partial charge in [0.1, 0.15) is 23.7 Å². The lowest BCUT2D eigenvalue weighted by Crippen LogP contribution is -2.51. The van der Waals surface area contributed by atoms with Crippen LogP contribution in [0.2, 0.25) is 0 Å². The Morgan fingerprint density at radius 3 is 1.73 bits per heavy atom. The van der Waals surface area contributed by atoms with Crippen LogP contribution in [0.1, 0.15) is 115 Å². The maximum atomic E-state index is 13.6. The van der Waals surface area contributed by atoms with E-state index in [-0.39, 0.29) is 41.1 Å². The normalized spacial score (nSPS) is 22.4. The Balaban J connectivity index is 1.09. The first-order chi connectivity index (χ1) is 26.3. The molecule has 5 atom stereocenters. The predicted octanol–water partition coefficient (Wildman–Crippen LogP) is 6.41. The standard InChI is InChI=1S/C41H56N8O6/c1-24(2)33(46-39(52)54-6)37(50)48-20-8-10-31(48)35-42-22-29(44-35)26-12-14-28(15-13-26)41(5)18-16-27(17-19-41)30-23-43-36(45-30)32-11-9-21-49(32)38(51)34(25(3)4)47-40(53)55-7/h12-16,22-25,31-34H,8-11,17-21H2,1-7H3,(H,42,44)(H,43,45)(H,46,52)(H,47,53)/t31-,32-,33-,34-,41?/m0/s1. The van der Waals surface area contributed by atoms with Crippen LogP contribution >= 0.6 is 0 Å². The largest absolute Gasteiger partial charge is 0.453 e. The number of hydrogen-bond donors (Lipinski definition) is 4. The van der Waals surface area contributed by atoms with Crippen molar-refractivity contribution >= 4 is 29.6 Å². The van der Waals surface area contributed by atoms with Gasteiger partial charge in [-0.2, -0.15) is 0 Å². The van der Waals surface area contributed by atoms with Crippen molar-refractivity contribution in [3.8, 4) is 11.3 Å². The zero-order valence-electron chi connectivity index (χ0n) is 33.1. The number of ether oxygens (including phenoxy) is 2. The molecule has 0 saturated carbocycles. The number of nitrogens with one attached hydrogen (secondary N) is 4. The smallest absolute Gasteiger partial charge is 0.407 e. The molecule has 296 valence electrons. The van der Waals surface area contributed by atoms with Gasteiger partial charge in [0, 0.05) is 13.1 Å². The predicted molar refractivity (Wildman–Crippen MR) is 208 cm³/mol. The number of aromatic nitrogens is 4. The van der Waals surface area contributed by atoms with Crippen molar-refractivity contribution in [2.45, 2.75) is 109 Å². The zero-order valence-corrected chi connectivity index (χ0v) is 33.1. The van der Waals surface area contributed by atoms with E-state index in [1.807, 2.05) is 49.9 Å². The summed E-state index contributed by atoms with van der Waals surface area (Å²) in [6.07, 6.45) is 10.9. The number of imidazole rings is 2. The number of likely N-dealkylation sites (tertiary alicyclic amines) is 2. The number of methoxy groups -OCH3 is 2. The topological polar surface area (TPSA) is 175 Å². The van der Waals surface area contributed by atoms with Crippen molar-refractivity contribution in [2.75, 3.05) is 27.3 Å². The van der Waals surface area contributed by atoms with Gasteiger partial charge in [-0.1, -0.05) is 65.0 Å². The Morgan fingerprint density at radius 1 is 0.782 bits per heavy atom. The average molecular weight is 757 g/mol. The highest BCUT2D eigenvalue weighted by atomic mass is 16.5. The molecule has 4 heterocycles. The van der Waals surface area contributed by atoms with Gasteiger partial charge in [-0.15, -0.1) is 0 Å². The summed E-state index contributed by atoms with van der Waals surface area (Å²) in [4.78, 5) is 71.2. The lowest BCUT2D eigenvalue weighted by molar-refractivity contribution is -0.136. The molecule has 2 fully saturated rings. The van der Waals surface area contributed by atoms with Gasteiger partial charge in [0.2, 0.25) is 11.8 Å². The second-order valence-corrected chi connectivity index (χ2v) is 16.0.